The maximum absolute atomic E-state index is 13.4. The number of amides is 1. The molecule has 38 heavy (non-hydrogen) atoms. The van der Waals surface area contributed by atoms with Gasteiger partial charge in [0.2, 0.25) is 5.95 Å². The van der Waals surface area contributed by atoms with E-state index < -0.39 is 23.7 Å². The molecule has 1 amide bonds. The van der Waals surface area contributed by atoms with Crippen LogP contribution in [0.3, 0.4) is 0 Å². The maximum Gasteiger partial charge on any atom is 0.335 e. The highest BCUT2D eigenvalue weighted by Gasteiger charge is 2.48. The number of rotatable bonds is 6. The van der Waals surface area contributed by atoms with Crippen molar-refractivity contribution < 1.29 is 34.1 Å². The summed E-state index contributed by atoms with van der Waals surface area (Å²) in [5.41, 5.74) is 1.43. The molecule has 1 aliphatic heterocycles. The van der Waals surface area contributed by atoms with Gasteiger partial charge in [-0.1, -0.05) is 12.1 Å². The number of aliphatic hydroxyl groups is 1. The number of hydrogen-bond acceptors (Lipinski definition) is 7. The SMILES string of the molecule is COc1cccc(C2/C(=C(\O)c3ccc(OC)c(Br)c3)C(=O)C(=O)N2c2nc3ccc(C(=O)O)cc3[nH]2)c1. The Morgan fingerprint density at radius 1 is 1.00 bits per heavy atom. The molecule has 1 atom stereocenters. The Morgan fingerprint density at radius 2 is 1.76 bits per heavy atom. The molecule has 3 aromatic carbocycles. The van der Waals surface area contributed by atoms with Gasteiger partial charge in [-0.15, -0.1) is 0 Å². The quantitative estimate of drug-likeness (QED) is 0.170. The van der Waals surface area contributed by atoms with Crippen molar-refractivity contribution in [2.75, 3.05) is 19.1 Å². The second-order valence-corrected chi connectivity index (χ2v) is 9.25. The van der Waals surface area contributed by atoms with E-state index in [0.29, 0.717) is 38.1 Å². The van der Waals surface area contributed by atoms with E-state index in [1.165, 1.54) is 32.4 Å². The summed E-state index contributed by atoms with van der Waals surface area (Å²) < 4.78 is 11.1. The van der Waals surface area contributed by atoms with Crippen LogP contribution in [-0.2, 0) is 9.59 Å². The van der Waals surface area contributed by atoms with E-state index in [9.17, 15) is 24.6 Å². The number of hydrogen-bond donors (Lipinski definition) is 3. The number of carboxylic acids is 1. The number of halogens is 1. The molecule has 1 aromatic heterocycles. The predicted octanol–water partition coefficient (Wildman–Crippen LogP) is 4.67. The number of benzene rings is 3. The molecule has 192 valence electrons. The van der Waals surface area contributed by atoms with Crippen molar-refractivity contribution >= 4 is 56.3 Å². The van der Waals surface area contributed by atoms with Gasteiger partial charge in [-0.25, -0.2) is 9.78 Å². The average molecular weight is 578 g/mol. The minimum atomic E-state index is -1.12. The summed E-state index contributed by atoms with van der Waals surface area (Å²) in [7, 11) is 2.99. The molecule has 0 aliphatic carbocycles. The van der Waals surface area contributed by atoms with E-state index in [1.807, 2.05) is 0 Å². The molecule has 1 fully saturated rings. The van der Waals surface area contributed by atoms with Crippen LogP contribution in [0.1, 0.15) is 27.5 Å². The van der Waals surface area contributed by atoms with Gasteiger partial charge < -0.3 is 24.7 Å². The maximum atomic E-state index is 13.4. The molecule has 10 nitrogen and oxygen atoms in total. The molecule has 0 radical (unpaired) electrons. The van der Waals surface area contributed by atoms with Crippen LogP contribution in [0.4, 0.5) is 5.95 Å². The number of carbonyl (C=O) groups excluding carboxylic acids is 2. The Balaban J connectivity index is 1.72. The number of aliphatic hydroxyl groups excluding tert-OH is 1. The molecule has 1 unspecified atom stereocenters. The number of carboxylic acid groups (broad SMARTS) is 1. The van der Waals surface area contributed by atoms with Crippen LogP contribution in [0.2, 0.25) is 0 Å². The van der Waals surface area contributed by atoms with Gasteiger partial charge in [0.15, 0.2) is 0 Å². The zero-order chi connectivity index (χ0) is 27.1. The van der Waals surface area contributed by atoms with Gasteiger partial charge >= 0.3 is 11.9 Å². The normalized spacial score (nSPS) is 16.7. The van der Waals surface area contributed by atoms with Crippen molar-refractivity contribution in [2.45, 2.75) is 6.04 Å². The topological polar surface area (TPSA) is 142 Å². The number of Topliss-reactive ketones (excluding diaryl/α,β-unsaturated/α-hetero) is 1. The van der Waals surface area contributed by atoms with Crippen LogP contribution in [0.25, 0.3) is 16.8 Å². The number of fused-ring (bicyclic) bond motifs is 1. The predicted molar refractivity (Wildman–Crippen MR) is 142 cm³/mol. The smallest absolute Gasteiger partial charge is 0.335 e. The van der Waals surface area contributed by atoms with E-state index in [2.05, 4.69) is 25.9 Å². The zero-order valence-electron chi connectivity index (χ0n) is 20.1. The summed E-state index contributed by atoms with van der Waals surface area (Å²) in [6, 6.07) is 14.8. The molecular formula is C27H20BrN3O7. The lowest BCUT2D eigenvalue weighted by atomic mass is 9.95. The van der Waals surface area contributed by atoms with E-state index in [1.54, 1.807) is 42.5 Å². The molecule has 1 aliphatic rings. The van der Waals surface area contributed by atoms with Crippen molar-refractivity contribution in [3.05, 3.63) is 87.4 Å². The van der Waals surface area contributed by atoms with Gasteiger partial charge in [-0.2, -0.15) is 0 Å². The van der Waals surface area contributed by atoms with Crippen LogP contribution in [0, 0.1) is 0 Å². The summed E-state index contributed by atoms with van der Waals surface area (Å²) in [6.07, 6.45) is 0. The molecular weight excluding hydrogens is 558 g/mol. The van der Waals surface area contributed by atoms with Gasteiger partial charge in [0, 0.05) is 5.56 Å². The number of aromatic amines is 1. The zero-order valence-corrected chi connectivity index (χ0v) is 21.6. The van der Waals surface area contributed by atoms with Crippen LogP contribution in [0.15, 0.2) is 70.7 Å². The van der Waals surface area contributed by atoms with Crippen LogP contribution < -0.4 is 14.4 Å². The highest BCUT2D eigenvalue weighted by atomic mass is 79.9. The number of nitrogens with zero attached hydrogens (tertiary/aromatic N) is 2. The van der Waals surface area contributed by atoms with E-state index in [-0.39, 0.29) is 22.8 Å². The number of anilines is 1. The summed E-state index contributed by atoms with van der Waals surface area (Å²) in [5.74, 6) is -2.30. The minimum absolute atomic E-state index is 0.0208. The van der Waals surface area contributed by atoms with Crippen molar-refractivity contribution in [2.24, 2.45) is 0 Å². The van der Waals surface area contributed by atoms with Gasteiger partial charge in [-0.3, -0.25) is 14.5 Å². The number of aromatic nitrogens is 2. The van der Waals surface area contributed by atoms with Crippen molar-refractivity contribution in [3.8, 4) is 11.5 Å². The Bertz CT molecular complexity index is 1660. The number of ether oxygens (including phenoxy) is 2. The molecule has 2 heterocycles. The first-order valence-electron chi connectivity index (χ1n) is 11.3. The number of ketones is 1. The van der Waals surface area contributed by atoms with Crippen molar-refractivity contribution in [1.82, 2.24) is 9.97 Å². The summed E-state index contributed by atoms with van der Waals surface area (Å²) in [4.78, 5) is 46.8. The minimum Gasteiger partial charge on any atom is -0.507 e. The van der Waals surface area contributed by atoms with E-state index >= 15 is 0 Å². The fraction of sp³-hybridized carbons (Fsp3) is 0.111. The lowest BCUT2D eigenvalue weighted by molar-refractivity contribution is -0.132. The van der Waals surface area contributed by atoms with Crippen molar-refractivity contribution in [3.63, 3.8) is 0 Å². The van der Waals surface area contributed by atoms with Crippen molar-refractivity contribution in [1.29, 1.82) is 0 Å². The highest BCUT2D eigenvalue weighted by Crippen LogP contribution is 2.43. The van der Waals surface area contributed by atoms with Gasteiger partial charge in [0.1, 0.15) is 17.3 Å². The largest absolute Gasteiger partial charge is 0.507 e. The Hall–Kier alpha value is -4.64. The van der Waals surface area contributed by atoms with E-state index in [4.69, 9.17) is 9.47 Å². The first kappa shape index (κ1) is 25.0. The molecule has 11 heteroatoms. The Labute approximate surface area is 224 Å². The molecule has 5 rings (SSSR count). The Morgan fingerprint density at radius 3 is 2.45 bits per heavy atom. The van der Waals surface area contributed by atoms with Gasteiger partial charge in [0.25, 0.3) is 5.78 Å². The number of aromatic carboxylic acids is 1. The third-order valence-electron chi connectivity index (χ3n) is 6.22. The van der Waals surface area contributed by atoms with Gasteiger partial charge in [0.05, 0.1) is 46.9 Å². The summed E-state index contributed by atoms with van der Waals surface area (Å²) in [5, 5.41) is 20.7. The number of imidazole rings is 1. The first-order valence-corrected chi connectivity index (χ1v) is 12.0. The fourth-order valence-electron chi connectivity index (χ4n) is 4.39. The highest BCUT2D eigenvalue weighted by molar-refractivity contribution is 9.10. The monoisotopic (exact) mass is 577 g/mol. The van der Waals surface area contributed by atoms with Crippen LogP contribution in [0.5, 0.6) is 11.5 Å². The lowest BCUT2D eigenvalue weighted by Gasteiger charge is -2.23. The lowest BCUT2D eigenvalue weighted by Crippen LogP contribution is -2.30. The second kappa shape index (κ2) is 9.67. The fourth-order valence-corrected chi connectivity index (χ4v) is 4.93. The van der Waals surface area contributed by atoms with E-state index in [0.717, 1.165) is 4.90 Å². The van der Waals surface area contributed by atoms with Gasteiger partial charge in [-0.05, 0) is 70.0 Å². The molecule has 0 spiro atoms. The number of nitrogens with one attached hydrogen (secondary N) is 1. The number of H-pyrrole nitrogens is 1. The molecule has 0 bridgehead atoms. The first-order chi connectivity index (χ1) is 18.2. The molecule has 3 N–H and O–H groups in total. The standard InChI is InChI=1S/C27H20BrN3O7/c1-37-16-5-3-4-13(10-16)22-21(23(32)14-7-9-20(38-2)17(28)11-14)24(33)25(34)31(22)27-29-18-8-6-15(26(35)36)12-19(18)30-27/h3-12,22,32H,1-2H3,(H,29,30)(H,35,36)/b23-21+. The summed E-state index contributed by atoms with van der Waals surface area (Å²) >= 11 is 3.38. The van der Waals surface area contributed by atoms with Crippen LogP contribution in [-0.4, -0.2) is 52.1 Å². The number of carbonyl (C=O) groups is 3. The molecule has 4 aromatic rings. The van der Waals surface area contributed by atoms with Crippen LogP contribution >= 0.6 is 15.9 Å². The third kappa shape index (κ3) is 4.16. The molecule has 1 saturated heterocycles. The average Bonchev–Trinajstić information content (AvgIpc) is 3.45. The number of methoxy groups -OCH3 is 2. The third-order valence-corrected chi connectivity index (χ3v) is 6.84. The second-order valence-electron chi connectivity index (χ2n) is 8.39. The Kier molecular flexibility index (Phi) is 6.37. The molecule has 0 saturated carbocycles. The summed E-state index contributed by atoms with van der Waals surface area (Å²) in [6.45, 7) is 0.